The molecule has 0 saturated carbocycles. The second-order valence-corrected chi connectivity index (χ2v) is 2.85. The van der Waals surface area contributed by atoms with Gasteiger partial charge in [-0.2, -0.15) is 0 Å². The summed E-state index contributed by atoms with van der Waals surface area (Å²) in [5.74, 6) is -1.73. The van der Waals surface area contributed by atoms with Gasteiger partial charge in [0.15, 0.2) is 0 Å². The molecule has 0 aliphatic carbocycles. The molecule has 6 nitrogen and oxygen atoms in total. The van der Waals surface area contributed by atoms with Crippen LogP contribution in [0.2, 0.25) is 0 Å². The Kier molecular flexibility index (Phi) is 12.4. The van der Waals surface area contributed by atoms with Crippen LogP contribution in [0.15, 0.2) is 0 Å². The maximum atomic E-state index is 10.1. The van der Waals surface area contributed by atoms with Gasteiger partial charge in [-0.25, -0.2) is 0 Å². The van der Waals surface area contributed by atoms with Crippen LogP contribution in [0.25, 0.3) is 0 Å². The molecule has 0 spiro atoms. The molecule has 0 aromatic heterocycles. The van der Waals surface area contributed by atoms with E-state index >= 15 is 0 Å². The van der Waals surface area contributed by atoms with Gasteiger partial charge in [0.05, 0.1) is 13.1 Å². The molecule has 0 heterocycles. The van der Waals surface area contributed by atoms with Crippen LogP contribution in [-0.4, -0.2) is 48.3 Å². The van der Waals surface area contributed by atoms with Crippen LogP contribution in [0.3, 0.4) is 0 Å². The summed E-state index contributed by atoms with van der Waals surface area (Å²) >= 11 is 0. The van der Waals surface area contributed by atoms with Gasteiger partial charge in [-0.1, -0.05) is 0 Å². The summed E-state index contributed by atoms with van der Waals surface area (Å²) in [6, 6.07) is 0. The Labute approximate surface area is 94.5 Å². The van der Waals surface area contributed by atoms with Crippen LogP contribution in [0.4, 0.5) is 0 Å². The van der Waals surface area contributed by atoms with Crippen LogP contribution in [0.5, 0.6) is 0 Å². The monoisotopic (exact) mass is 240 g/mol. The maximum Gasteiger partial charge on any atom is 0.317 e. The molecular weight excluding hydrogens is 224 g/mol. The van der Waals surface area contributed by atoms with Gasteiger partial charge in [-0.05, 0) is 25.9 Å². The Bertz CT molecular complexity index is 169. The number of halogens is 1. The predicted molar refractivity (Wildman–Crippen MR) is 57.5 cm³/mol. The molecular formula is C8H17ClN2O4. The quantitative estimate of drug-likeness (QED) is 0.407. The number of unbranched alkanes of at least 4 members (excludes halogenated alkanes) is 1. The maximum absolute atomic E-state index is 10.1. The Morgan fingerprint density at radius 3 is 1.47 bits per heavy atom. The second kappa shape index (κ2) is 11.2. The van der Waals surface area contributed by atoms with Crippen molar-refractivity contribution in [1.29, 1.82) is 0 Å². The summed E-state index contributed by atoms with van der Waals surface area (Å²) in [6.45, 7) is 1.23. The van der Waals surface area contributed by atoms with E-state index in [1.807, 2.05) is 0 Å². The molecule has 7 heteroatoms. The summed E-state index contributed by atoms with van der Waals surface area (Å²) in [6.07, 6.45) is 1.67. The minimum absolute atomic E-state index is 0. The molecule has 0 aromatic rings. The van der Waals surface area contributed by atoms with Gasteiger partial charge in [0, 0.05) is 0 Å². The fraction of sp³-hybridized carbons (Fsp3) is 0.750. The van der Waals surface area contributed by atoms with Crippen molar-refractivity contribution >= 4 is 24.3 Å². The SMILES string of the molecule is Cl.O=C(O)CNCCCCNCC(=O)O. The minimum Gasteiger partial charge on any atom is -0.480 e. The third kappa shape index (κ3) is 15.9. The Hall–Kier alpha value is -0.850. The number of hydrogen-bond donors (Lipinski definition) is 4. The Morgan fingerprint density at radius 1 is 0.867 bits per heavy atom. The predicted octanol–water partition coefficient (Wildman–Crippen LogP) is -0.463. The van der Waals surface area contributed by atoms with Crippen LogP contribution < -0.4 is 10.6 Å². The summed E-state index contributed by atoms with van der Waals surface area (Å²) < 4.78 is 0. The highest BCUT2D eigenvalue weighted by molar-refractivity contribution is 5.85. The zero-order chi connectivity index (χ0) is 10.8. The standard InChI is InChI=1S/C8H16N2O4.ClH/c11-7(12)5-9-3-1-2-4-10-6-8(13)14;/h9-10H,1-6H2,(H,11,12)(H,13,14);1H. The number of carboxylic acids is 2. The molecule has 0 unspecified atom stereocenters. The lowest BCUT2D eigenvalue weighted by Crippen LogP contribution is -2.26. The first kappa shape index (κ1) is 16.6. The van der Waals surface area contributed by atoms with Crippen LogP contribution in [-0.2, 0) is 9.59 Å². The number of rotatable bonds is 9. The molecule has 0 bridgehead atoms. The minimum atomic E-state index is -0.867. The Balaban J connectivity index is 0. The molecule has 0 aliphatic rings. The summed E-state index contributed by atoms with van der Waals surface area (Å²) in [5, 5.41) is 22.0. The van der Waals surface area contributed by atoms with E-state index in [2.05, 4.69) is 10.6 Å². The van der Waals surface area contributed by atoms with E-state index in [4.69, 9.17) is 10.2 Å². The van der Waals surface area contributed by atoms with Gasteiger partial charge < -0.3 is 20.8 Å². The first-order valence-corrected chi connectivity index (χ1v) is 4.48. The van der Waals surface area contributed by atoms with E-state index in [1.165, 1.54) is 0 Å². The zero-order valence-electron chi connectivity index (χ0n) is 8.36. The van der Waals surface area contributed by atoms with Gasteiger partial charge >= 0.3 is 11.9 Å². The number of nitrogens with one attached hydrogen (secondary N) is 2. The molecule has 0 rings (SSSR count). The average Bonchev–Trinajstić information content (AvgIpc) is 2.08. The van der Waals surface area contributed by atoms with Crippen molar-refractivity contribution in [1.82, 2.24) is 10.6 Å². The molecule has 0 aromatic carbocycles. The number of carbonyl (C=O) groups is 2. The van der Waals surface area contributed by atoms with Crippen molar-refractivity contribution in [3.8, 4) is 0 Å². The normalized spacial score (nSPS) is 9.33. The molecule has 0 aliphatic heterocycles. The first-order valence-electron chi connectivity index (χ1n) is 4.48. The summed E-state index contributed by atoms with van der Waals surface area (Å²) in [4.78, 5) is 20.1. The molecule has 0 fully saturated rings. The van der Waals surface area contributed by atoms with Crippen LogP contribution >= 0.6 is 12.4 Å². The van der Waals surface area contributed by atoms with Crippen molar-refractivity contribution in [2.45, 2.75) is 12.8 Å². The highest BCUT2D eigenvalue weighted by Crippen LogP contribution is 1.83. The lowest BCUT2D eigenvalue weighted by atomic mass is 10.3. The van der Waals surface area contributed by atoms with E-state index < -0.39 is 11.9 Å². The van der Waals surface area contributed by atoms with Gasteiger partial charge in [0.1, 0.15) is 0 Å². The van der Waals surface area contributed by atoms with Crippen LogP contribution in [0.1, 0.15) is 12.8 Å². The highest BCUT2D eigenvalue weighted by atomic mass is 35.5. The molecule has 0 atom stereocenters. The number of carboxylic acid groups (broad SMARTS) is 2. The third-order valence-corrected chi connectivity index (χ3v) is 1.51. The largest absolute Gasteiger partial charge is 0.480 e. The third-order valence-electron chi connectivity index (χ3n) is 1.51. The molecule has 90 valence electrons. The van der Waals surface area contributed by atoms with Crippen molar-refractivity contribution < 1.29 is 19.8 Å². The van der Waals surface area contributed by atoms with E-state index in [0.717, 1.165) is 12.8 Å². The zero-order valence-corrected chi connectivity index (χ0v) is 9.18. The van der Waals surface area contributed by atoms with E-state index in [1.54, 1.807) is 0 Å². The number of hydrogen-bond acceptors (Lipinski definition) is 4. The lowest BCUT2D eigenvalue weighted by molar-refractivity contribution is -0.137. The molecule has 0 amide bonds. The molecule has 0 radical (unpaired) electrons. The first-order chi connectivity index (χ1) is 6.63. The van der Waals surface area contributed by atoms with Crippen molar-refractivity contribution in [3.05, 3.63) is 0 Å². The summed E-state index contributed by atoms with van der Waals surface area (Å²) in [5.41, 5.74) is 0. The lowest BCUT2D eigenvalue weighted by Gasteiger charge is -2.02. The van der Waals surface area contributed by atoms with E-state index in [-0.39, 0.29) is 25.5 Å². The second-order valence-electron chi connectivity index (χ2n) is 2.85. The molecule has 15 heavy (non-hydrogen) atoms. The van der Waals surface area contributed by atoms with Gasteiger partial charge in [-0.15, -0.1) is 12.4 Å². The fourth-order valence-corrected chi connectivity index (χ4v) is 0.891. The smallest absolute Gasteiger partial charge is 0.317 e. The summed E-state index contributed by atoms with van der Waals surface area (Å²) in [7, 11) is 0. The van der Waals surface area contributed by atoms with Gasteiger partial charge in [-0.3, -0.25) is 9.59 Å². The van der Waals surface area contributed by atoms with Crippen molar-refractivity contribution in [2.75, 3.05) is 26.2 Å². The van der Waals surface area contributed by atoms with Gasteiger partial charge in [0.25, 0.3) is 0 Å². The van der Waals surface area contributed by atoms with Gasteiger partial charge in [0.2, 0.25) is 0 Å². The molecule has 4 N–H and O–H groups in total. The van der Waals surface area contributed by atoms with Crippen molar-refractivity contribution in [3.63, 3.8) is 0 Å². The Morgan fingerprint density at radius 2 is 1.20 bits per heavy atom. The topological polar surface area (TPSA) is 98.7 Å². The van der Waals surface area contributed by atoms with E-state index in [9.17, 15) is 9.59 Å². The molecule has 0 saturated heterocycles. The highest BCUT2D eigenvalue weighted by Gasteiger charge is 1.96. The number of aliphatic carboxylic acids is 2. The van der Waals surface area contributed by atoms with Crippen LogP contribution in [0, 0.1) is 0 Å². The van der Waals surface area contributed by atoms with Crippen molar-refractivity contribution in [2.24, 2.45) is 0 Å². The fourth-order valence-electron chi connectivity index (χ4n) is 0.891. The van der Waals surface area contributed by atoms with E-state index in [0.29, 0.717) is 13.1 Å². The average molecular weight is 241 g/mol.